The Balaban J connectivity index is 1.29. The average molecular weight is 654 g/mol. The minimum atomic E-state index is -0.124. The highest BCUT2D eigenvalue weighted by molar-refractivity contribution is 6.16. The van der Waals surface area contributed by atoms with E-state index in [0.29, 0.717) is 0 Å². The third kappa shape index (κ3) is 4.57. The third-order valence-electron chi connectivity index (χ3n) is 10.9. The third-order valence-corrected chi connectivity index (χ3v) is 10.9. The van der Waals surface area contributed by atoms with Gasteiger partial charge in [0.15, 0.2) is 0 Å². The largest absolute Gasteiger partial charge is 0.456 e. The van der Waals surface area contributed by atoms with E-state index in [4.69, 9.17) is 4.42 Å². The Hall–Kier alpha value is -6.38. The van der Waals surface area contributed by atoms with Crippen LogP contribution in [-0.4, -0.2) is 0 Å². The maximum atomic E-state index is 6.48. The summed E-state index contributed by atoms with van der Waals surface area (Å²) in [5, 5.41) is 4.69. The summed E-state index contributed by atoms with van der Waals surface area (Å²) in [4.78, 5) is 2.44. The number of fused-ring (bicyclic) bond motifs is 7. The van der Waals surface area contributed by atoms with Crippen LogP contribution in [0.5, 0.6) is 0 Å². The Labute approximate surface area is 297 Å². The monoisotopic (exact) mass is 653 g/mol. The van der Waals surface area contributed by atoms with E-state index in [2.05, 4.69) is 189 Å². The summed E-state index contributed by atoms with van der Waals surface area (Å²) in [7, 11) is 0. The van der Waals surface area contributed by atoms with E-state index < -0.39 is 0 Å². The second-order valence-corrected chi connectivity index (χ2v) is 14.1. The van der Waals surface area contributed by atoms with Gasteiger partial charge in [0.1, 0.15) is 11.2 Å². The van der Waals surface area contributed by atoms with Crippen molar-refractivity contribution in [2.45, 2.75) is 19.3 Å². The van der Waals surface area contributed by atoms with E-state index in [-0.39, 0.29) is 5.41 Å². The van der Waals surface area contributed by atoms with Crippen LogP contribution in [0.25, 0.3) is 66.1 Å². The molecule has 0 fully saturated rings. The molecule has 0 saturated heterocycles. The maximum Gasteiger partial charge on any atom is 0.136 e. The fourth-order valence-electron chi connectivity index (χ4n) is 8.43. The zero-order chi connectivity index (χ0) is 34.1. The van der Waals surface area contributed by atoms with Crippen molar-refractivity contribution in [3.8, 4) is 33.4 Å². The van der Waals surface area contributed by atoms with Crippen LogP contribution < -0.4 is 4.90 Å². The number of hydrogen-bond donors (Lipinski definition) is 0. The fraction of sp³-hybridized carbons (Fsp3) is 0.0612. The number of furan rings is 1. The number of hydrogen-bond acceptors (Lipinski definition) is 2. The number of nitrogens with zero attached hydrogens (tertiary/aromatic N) is 1. The predicted molar refractivity (Wildman–Crippen MR) is 214 cm³/mol. The van der Waals surface area contributed by atoms with Gasteiger partial charge in [-0.3, -0.25) is 0 Å². The summed E-state index contributed by atoms with van der Waals surface area (Å²) in [5.74, 6) is 0. The van der Waals surface area contributed by atoms with Gasteiger partial charge >= 0.3 is 0 Å². The van der Waals surface area contributed by atoms with Crippen LogP contribution in [0.2, 0.25) is 0 Å². The first-order valence-corrected chi connectivity index (χ1v) is 17.7. The number of para-hydroxylation sites is 2. The number of anilines is 3. The van der Waals surface area contributed by atoms with E-state index in [0.717, 1.165) is 50.1 Å². The van der Waals surface area contributed by atoms with Crippen molar-refractivity contribution in [2.75, 3.05) is 4.90 Å². The van der Waals surface area contributed by atoms with Gasteiger partial charge < -0.3 is 9.32 Å². The highest BCUT2D eigenvalue weighted by atomic mass is 16.3. The summed E-state index contributed by atoms with van der Waals surface area (Å²) in [6, 6.07) is 63.8. The molecule has 242 valence electrons. The van der Waals surface area contributed by atoms with Crippen molar-refractivity contribution in [3.05, 3.63) is 187 Å². The summed E-state index contributed by atoms with van der Waals surface area (Å²) >= 11 is 0. The molecule has 0 amide bonds. The first kappa shape index (κ1) is 29.5. The smallest absolute Gasteiger partial charge is 0.136 e. The van der Waals surface area contributed by atoms with Crippen molar-refractivity contribution >= 4 is 49.8 Å². The first-order valence-electron chi connectivity index (χ1n) is 17.7. The second kappa shape index (κ2) is 11.3. The molecule has 8 aromatic carbocycles. The lowest BCUT2D eigenvalue weighted by atomic mass is 9.82. The molecule has 2 nitrogen and oxygen atoms in total. The molecule has 1 heterocycles. The first-order chi connectivity index (χ1) is 25.1. The van der Waals surface area contributed by atoms with Crippen LogP contribution >= 0.6 is 0 Å². The van der Waals surface area contributed by atoms with Crippen LogP contribution in [-0.2, 0) is 5.41 Å². The summed E-state index contributed by atoms with van der Waals surface area (Å²) < 4.78 is 6.48. The lowest BCUT2D eigenvalue weighted by Gasteiger charge is -2.31. The molecule has 0 unspecified atom stereocenters. The van der Waals surface area contributed by atoms with E-state index in [1.165, 1.54) is 44.2 Å². The molecule has 0 aliphatic heterocycles. The molecule has 51 heavy (non-hydrogen) atoms. The molecule has 1 aliphatic rings. The molecule has 0 saturated carbocycles. The van der Waals surface area contributed by atoms with Gasteiger partial charge in [-0.15, -0.1) is 0 Å². The molecule has 0 N–H and O–H groups in total. The van der Waals surface area contributed by atoms with Crippen molar-refractivity contribution in [1.82, 2.24) is 0 Å². The zero-order valence-corrected chi connectivity index (χ0v) is 28.6. The van der Waals surface area contributed by atoms with Crippen LogP contribution in [0.4, 0.5) is 17.1 Å². The number of benzene rings is 8. The van der Waals surface area contributed by atoms with Gasteiger partial charge in [-0.2, -0.15) is 0 Å². The van der Waals surface area contributed by atoms with Crippen molar-refractivity contribution in [1.29, 1.82) is 0 Å². The topological polar surface area (TPSA) is 16.4 Å². The van der Waals surface area contributed by atoms with Crippen molar-refractivity contribution < 1.29 is 4.42 Å². The second-order valence-electron chi connectivity index (χ2n) is 14.1. The molecule has 2 heteroatoms. The molecule has 0 bridgehead atoms. The van der Waals surface area contributed by atoms with Crippen LogP contribution in [0.3, 0.4) is 0 Å². The zero-order valence-electron chi connectivity index (χ0n) is 28.6. The average Bonchev–Trinajstić information content (AvgIpc) is 3.67. The molecule has 1 aliphatic carbocycles. The summed E-state index contributed by atoms with van der Waals surface area (Å²) in [5.41, 5.74) is 15.0. The Morgan fingerprint density at radius 1 is 0.451 bits per heavy atom. The van der Waals surface area contributed by atoms with Gasteiger partial charge in [0, 0.05) is 33.1 Å². The molecule has 1 aromatic heterocycles. The molecular weight excluding hydrogens is 619 g/mol. The van der Waals surface area contributed by atoms with Gasteiger partial charge in [-0.25, -0.2) is 0 Å². The van der Waals surface area contributed by atoms with Gasteiger partial charge in [-0.05, 0) is 98.2 Å². The van der Waals surface area contributed by atoms with Crippen LogP contribution in [0, 0.1) is 0 Å². The predicted octanol–water partition coefficient (Wildman–Crippen LogP) is 13.8. The SMILES string of the molecule is CC1(C)c2ccccc2-c2ccc(N(c3ccccc3)c3cccc(-c4ccc5ccccc5c4)c3-c3cccc4oc5ccccc5c34)cc21. The van der Waals surface area contributed by atoms with Gasteiger partial charge in [0.25, 0.3) is 0 Å². The molecule has 0 atom stereocenters. The van der Waals surface area contributed by atoms with Crippen molar-refractivity contribution in [2.24, 2.45) is 0 Å². The minimum Gasteiger partial charge on any atom is -0.456 e. The highest BCUT2D eigenvalue weighted by Crippen LogP contribution is 2.53. The van der Waals surface area contributed by atoms with Gasteiger partial charge in [-0.1, -0.05) is 141 Å². The molecule has 0 radical (unpaired) electrons. The van der Waals surface area contributed by atoms with Crippen molar-refractivity contribution in [3.63, 3.8) is 0 Å². The lowest BCUT2D eigenvalue weighted by molar-refractivity contribution is 0.660. The maximum absolute atomic E-state index is 6.48. The van der Waals surface area contributed by atoms with E-state index in [9.17, 15) is 0 Å². The standard InChI is InChI=1S/C49H35NO/c1-49(2)42-22-10-8-18-38(42)39-29-28-36(31-43(39)49)50(35-16-4-3-5-17-35)44-23-12-20-37(34-27-26-32-14-6-7-15-33(32)30-34)47(44)41-21-13-25-46-48(41)40-19-9-11-24-45(40)51-46/h3-31H,1-2H3. The highest BCUT2D eigenvalue weighted by Gasteiger charge is 2.36. The minimum absolute atomic E-state index is 0.124. The number of rotatable bonds is 5. The fourth-order valence-corrected chi connectivity index (χ4v) is 8.43. The van der Waals surface area contributed by atoms with Crippen LogP contribution in [0.1, 0.15) is 25.0 Å². The Kier molecular flexibility index (Phi) is 6.56. The lowest BCUT2D eigenvalue weighted by Crippen LogP contribution is -2.17. The van der Waals surface area contributed by atoms with Crippen LogP contribution in [0.15, 0.2) is 180 Å². The molecule has 10 rings (SSSR count). The van der Waals surface area contributed by atoms with E-state index >= 15 is 0 Å². The Bertz CT molecular complexity index is 2790. The molecule has 9 aromatic rings. The molecular formula is C49H35NO. The Morgan fingerprint density at radius 2 is 1.14 bits per heavy atom. The van der Waals surface area contributed by atoms with E-state index in [1.807, 2.05) is 6.07 Å². The summed E-state index contributed by atoms with van der Waals surface area (Å²) in [6.45, 7) is 4.70. The summed E-state index contributed by atoms with van der Waals surface area (Å²) in [6.07, 6.45) is 0. The van der Waals surface area contributed by atoms with E-state index in [1.54, 1.807) is 0 Å². The quantitative estimate of drug-likeness (QED) is 0.184. The van der Waals surface area contributed by atoms with Gasteiger partial charge in [0.2, 0.25) is 0 Å². The Morgan fingerprint density at radius 3 is 2.04 bits per heavy atom. The molecule has 0 spiro atoms. The van der Waals surface area contributed by atoms with Gasteiger partial charge in [0.05, 0.1) is 5.69 Å². The normalized spacial score (nSPS) is 13.1.